The third-order valence-corrected chi connectivity index (χ3v) is 3.90. The highest BCUT2D eigenvalue weighted by molar-refractivity contribution is 9.10. The van der Waals surface area contributed by atoms with Crippen LogP contribution in [0.25, 0.3) is 10.9 Å². The molecular formula is C16H11BrN2O. The molecule has 3 aromatic rings. The van der Waals surface area contributed by atoms with Crippen LogP contribution >= 0.6 is 15.9 Å². The first-order valence-electron chi connectivity index (χ1n) is 6.37. The molecule has 0 bridgehead atoms. The number of anilines is 1. The Morgan fingerprint density at radius 3 is 3.00 bits per heavy atom. The molecule has 0 fully saturated rings. The van der Waals surface area contributed by atoms with Gasteiger partial charge < -0.3 is 10.1 Å². The molecule has 0 amide bonds. The van der Waals surface area contributed by atoms with Crippen molar-refractivity contribution in [3.63, 3.8) is 0 Å². The molecule has 0 radical (unpaired) electrons. The minimum Gasteiger partial charge on any atom is -0.464 e. The summed E-state index contributed by atoms with van der Waals surface area (Å²) in [5.41, 5.74) is 3.10. The zero-order valence-electron chi connectivity index (χ0n) is 10.5. The summed E-state index contributed by atoms with van der Waals surface area (Å²) in [5, 5.41) is 4.50. The molecule has 1 unspecified atom stereocenters. The number of rotatable bonds is 1. The van der Waals surface area contributed by atoms with Crippen molar-refractivity contribution in [2.75, 3.05) is 5.32 Å². The van der Waals surface area contributed by atoms with Crippen molar-refractivity contribution in [3.05, 3.63) is 64.8 Å². The van der Waals surface area contributed by atoms with Gasteiger partial charge in [-0.1, -0.05) is 28.1 Å². The van der Waals surface area contributed by atoms with Crippen molar-refractivity contribution >= 4 is 32.5 Å². The van der Waals surface area contributed by atoms with Crippen LogP contribution in [0.1, 0.15) is 11.8 Å². The van der Waals surface area contributed by atoms with Gasteiger partial charge in [-0.25, -0.2) is 0 Å². The van der Waals surface area contributed by atoms with Crippen LogP contribution in [0, 0.1) is 0 Å². The fourth-order valence-electron chi connectivity index (χ4n) is 2.42. The van der Waals surface area contributed by atoms with Crippen LogP contribution in [0.4, 0.5) is 5.69 Å². The van der Waals surface area contributed by atoms with Crippen LogP contribution in [0.5, 0.6) is 5.75 Å². The normalized spacial score (nSPS) is 16.6. The van der Waals surface area contributed by atoms with E-state index in [0.29, 0.717) is 0 Å². The molecule has 2 heterocycles. The van der Waals surface area contributed by atoms with Gasteiger partial charge in [0, 0.05) is 21.6 Å². The SMILES string of the molecule is Brc1ccc2c(c1)NC(c1ccc3ncccc3c1)O2. The van der Waals surface area contributed by atoms with Crippen LogP contribution in [0.3, 0.4) is 0 Å². The maximum absolute atomic E-state index is 5.94. The molecule has 20 heavy (non-hydrogen) atoms. The number of benzene rings is 2. The van der Waals surface area contributed by atoms with E-state index in [1.165, 1.54) is 0 Å². The number of nitrogens with one attached hydrogen (secondary N) is 1. The first-order valence-corrected chi connectivity index (χ1v) is 7.16. The number of halogens is 1. The molecule has 1 aliphatic heterocycles. The Kier molecular flexibility index (Phi) is 2.63. The Labute approximate surface area is 124 Å². The lowest BCUT2D eigenvalue weighted by molar-refractivity contribution is 0.260. The highest BCUT2D eigenvalue weighted by atomic mass is 79.9. The van der Waals surface area contributed by atoms with E-state index in [0.717, 1.165) is 32.4 Å². The average molecular weight is 327 g/mol. The van der Waals surface area contributed by atoms with Gasteiger partial charge in [-0.15, -0.1) is 0 Å². The second kappa shape index (κ2) is 4.49. The molecule has 3 nitrogen and oxygen atoms in total. The molecule has 1 aliphatic rings. The van der Waals surface area contributed by atoms with Crippen molar-refractivity contribution < 1.29 is 4.74 Å². The lowest BCUT2D eigenvalue weighted by atomic mass is 10.1. The van der Waals surface area contributed by atoms with E-state index in [4.69, 9.17) is 4.74 Å². The van der Waals surface area contributed by atoms with E-state index < -0.39 is 0 Å². The summed E-state index contributed by atoms with van der Waals surface area (Å²) in [6.07, 6.45) is 1.66. The number of hydrogen-bond donors (Lipinski definition) is 1. The number of hydrogen-bond acceptors (Lipinski definition) is 3. The zero-order chi connectivity index (χ0) is 13.5. The van der Waals surface area contributed by atoms with Crippen molar-refractivity contribution in [2.45, 2.75) is 6.23 Å². The van der Waals surface area contributed by atoms with Gasteiger partial charge in [0.15, 0.2) is 6.23 Å². The molecule has 1 aromatic heterocycles. The Morgan fingerprint density at radius 1 is 1.10 bits per heavy atom. The molecule has 2 aromatic carbocycles. The smallest absolute Gasteiger partial charge is 0.196 e. The quantitative estimate of drug-likeness (QED) is 0.714. The van der Waals surface area contributed by atoms with Gasteiger partial charge in [-0.05, 0) is 36.4 Å². The first-order chi connectivity index (χ1) is 9.79. The Morgan fingerprint density at radius 2 is 2.05 bits per heavy atom. The van der Waals surface area contributed by atoms with Crippen LogP contribution in [-0.2, 0) is 0 Å². The van der Waals surface area contributed by atoms with Gasteiger partial charge in [0.2, 0.25) is 0 Å². The minimum absolute atomic E-state index is 0.149. The molecule has 98 valence electrons. The molecule has 0 saturated heterocycles. The summed E-state index contributed by atoms with van der Waals surface area (Å²) in [4.78, 5) is 4.33. The van der Waals surface area contributed by atoms with Crippen LogP contribution < -0.4 is 10.1 Å². The molecule has 1 N–H and O–H groups in total. The number of pyridine rings is 1. The van der Waals surface area contributed by atoms with Crippen molar-refractivity contribution in [3.8, 4) is 5.75 Å². The summed E-state index contributed by atoms with van der Waals surface area (Å²) in [5.74, 6) is 0.879. The summed E-state index contributed by atoms with van der Waals surface area (Å²) in [7, 11) is 0. The second-order valence-corrected chi connectivity index (χ2v) is 5.65. The second-order valence-electron chi connectivity index (χ2n) is 4.74. The van der Waals surface area contributed by atoms with E-state index in [1.54, 1.807) is 6.20 Å². The standard InChI is InChI=1S/C16H11BrN2O/c17-12-4-6-15-14(9-12)19-16(20-15)11-3-5-13-10(8-11)2-1-7-18-13/h1-9,16,19H. The number of fused-ring (bicyclic) bond motifs is 2. The zero-order valence-corrected chi connectivity index (χ0v) is 12.1. The lowest BCUT2D eigenvalue weighted by Gasteiger charge is -2.12. The Hall–Kier alpha value is -2.07. The predicted octanol–water partition coefficient (Wildman–Crippen LogP) is 4.50. The van der Waals surface area contributed by atoms with Gasteiger partial charge in [-0.3, -0.25) is 4.98 Å². The minimum atomic E-state index is -0.149. The number of ether oxygens (including phenoxy) is 1. The van der Waals surface area contributed by atoms with Crippen molar-refractivity contribution in [1.82, 2.24) is 4.98 Å². The first kappa shape index (κ1) is 11.7. The Bertz CT molecular complexity index is 803. The largest absolute Gasteiger partial charge is 0.464 e. The summed E-state index contributed by atoms with van der Waals surface area (Å²) >= 11 is 3.47. The fourth-order valence-corrected chi connectivity index (χ4v) is 2.79. The number of aromatic nitrogens is 1. The molecule has 0 saturated carbocycles. The molecular weight excluding hydrogens is 316 g/mol. The van der Waals surface area contributed by atoms with Gasteiger partial charge in [0.25, 0.3) is 0 Å². The van der Waals surface area contributed by atoms with Crippen LogP contribution in [-0.4, -0.2) is 4.98 Å². The van der Waals surface area contributed by atoms with E-state index in [2.05, 4.69) is 38.4 Å². The number of nitrogens with zero attached hydrogens (tertiary/aromatic N) is 1. The summed E-state index contributed by atoms with van der Waals surface area (Å²) in [6.45, 7) is 0. The maximum atomic E-state index is 5.94. The lowest BCUT2D eigenvalue weighted by Crippen LogP contribution is -2.09. The third-order valence-electron chi connectivity index (χ3n) is 3.40. The molecule has 4 heteroatoms. The van der Waals surface area contributed by atoms with Gasteiger partial charge in [0.05, 0.1) is 11.2 Å². The highest BCUT2D eigenvalue weighted by Gasteiger charge is 2.23. The van der Waals surface area contributed by atoms with Gasteiger partial charge >= 0.3 is 0 Å². The topological polar surface area (TPSA) is 34.2 Å². The van der Waals surface area contributed by atoms with Crippen molar-refractivity contribution in [2.24, 2.45) is 0 Å². The van der Waals surface area contributed by atoms with E-state index >= 15 is 0 Å². The van der Waals surface area contributed by atoms with Crippen LogP contribution in [0.2, 0.25) is 0 Å². The van der Waals surface area contributed by atoms with E-state index in [1.807, 2.05) is 36.4 Å². The fraction of sp³-hybridized carbons (Fsp3) is 0.0625. The summed E-state index contributed by atoms with van der Waals surface area (Å²) in [6, 6.07) is 16.2. The molecule has 0 spiro atoms. The Balaban J connectivity index is 1.71. The predicted molar refractivity (Wildman–Crippen MR) is 82.9 cm³/mol. The monoisotopic (exact) mass is 326 g/mol. The maximum Gasteiger partial charge on any atom is 0.196 e. The van der Waals surface area contributed by atoms with Gasteiger partial charge in [-0.2, -0.15) is 0 Å². The molecule has 0 aliphatic carbocycles. The summed E-state index contributed by atoms with van der Waals surface area (Å²) < 4.78 is 6.98. The highest BCUT2D eigenvalue weighted by Crippen LogP contribution is 2.39. The van der Waals surface area contributed by atoms with Crippen molar-refractivity contribution in [1.29, 1.82) is 0 Å². The molecule has 4 rings (SSSR count). The third kappa shape index (κ3) is 1.93. The average Bonchev–Trinajstić information content (AvgIpc) is 2.89. The molecule has 1 atom stereocenters. The van der Waals surface area contributed by atoms with E-state index in [9.17, 15) is 0 Å². The van der Waals surface area contributed by atoms with Crippen LogP contribution in [0.15, 0.2) is 59.2 Å². The van der Waals surface area contributed by atoms with Gasteiger partial charge in [0.1, 0.15) is 5.75 Å². The van der Waals surface area contributed by atoms with E-state index in [-0.39, 0.29) is 6.23 Å².